The van der Waals surface area contributed by atoms with Crippen molar-refractivity contribution >= 4 is 34.9 Å². The molecule has 33 heavy (non-hydrogen) atoms. The quantitative estimate of drug-likeness (QED) is 0.401. The van der Waals surface area contributed by atoms with E-state index in [2.05, 4.69) is 81.1 Å². The Morgan fingerprint density at radius 1 is 1.15 bits per heavy atom. The summed E-state index contributed by atoms with van der Waals surface area (Å²) in [6, 6.07) is 12.6. The molecule has 0 spiro atoms. The summed E-state index contributed by atoms with van der Waals surface area (Å²) in [5.74, 6) is 1.33. The molecular formula is C28H35N3OS. The molecule has 5 heteroatoms. The van der Waals surface area contributed by atoms with Gasteiger partial charge in [0.25, 0.3) is 5.17 Å². The summed E-state index contributed by atoms with van der Waals surface area (Å²) in [6.07, 6.45) is 5.21. The first-order chi connectivity index (χ1) is 15.7. The van der Waals surface area contributed by atoms with E-state index in [1.165, 1.54) is 21.9 Å². The lowest BCUT2D eigenvalue weighted by molar-refractivity contribution is 0.357. The van der Waals surface area contributed by atoms with Crippen LogP contribution in [-0.4, -0.2) is 36.0 Å². The zero-order valence-corrected chi connectivity index (χ0v) is 21.4. The number of hydrogen-bond acceptors (Lipinski definition) is 3. The number of fused-ring (bicyclic) bond motifs is 1. The lowest BCUT2D eigenvalue weighted by atomic mass is 9.99. The molecule has 2 aromatic rings. The highest BCUT2D eigenvalue weighted by molar-refractivity contribution is 7.80. The third kappa shape index (κ3) is 6.18. The molecular weight excluding hydrogens is 426 g/mol. The molecule has 2 aromatic carbocycles. The number of nitrogens with zero attached hydrogens (tertiary/aromatic N) is 2. The van der Waals surface area contributed by atoms with Crippen LogP contribution in [0, 0.1) is 19.8 Å². The van der Waals surface area contributed by atoms with Crippen molar-refractivity contribution in [1.82, 2.24) is 4.90 Å². The summed E-state index contributed by atoms with van der Waals surface area (Å²) in [4.78, 5) is 6.73. The maximum Gasteiger partial charge on any atom is 0.290 e. The molecule has 0 aromatic heterocycles. The number of likely N-dealkylation sites (N-methyl/N-ethyl adjacent to an activating group) is 1. The van der Waals surface area contributed by atoms with E-state index in [-0.39, 0.29) is 11.1 Å². The molecule has 4 nitrogen and oxygen atoms in total. The minimum Gasteiger partial charge on any atom is -0.430 e. The van der Waals surface area contributed by atoms with Crippen LogP contribution in [0.15, 0.2) is 53.0 Å². The third-order valence-corrected chi connectivity index (χ3v) is 6.62. The normalized spacial score (nSPS) is 16.1. The average molecular weight is 462 g/mol. The van der Waals surface area contributed by atoms with Crippen LogP contribution in [0.2, 0.25) is 0 Å². The van der Waals surface area contributed by atoms with Gasteiger partial charge in [-0.15, -0.1) is 0 Å². The van der Waals surface area contributed by atoms with Gasteiger partial charge in [-0.1, -0.05) is 55.8 Å². The van der Waals surface area contributed by atoms with Crippen molar-refractivity contribution in [1.29, 1.82) is 0 Å². The van der Waals surface area contributed by atoms with Crippen LogP contribution >= 0.6 is 12.2 Å². The maximum absolute atomic E-state index is 6.38. The zero-order chi connectivity index (χ0) is 24.1. The van der Waals surface area contributed by atoms with Gasteiger partial charge >= 0.3 is 0 Å². The Morgan fingerprint density at radius 3 is 2.61 bits per heavy atom. The largest absolute Gasteiger partial charge is 0.430 e. The van der Waals surface area contributed by atoms with Gasteiger partial charge in [0.2, 0.25) is 0 Å². The first-order valence-electron chi connectivity index (χ1n) is 11.5. The smallest absolute Gasteiger partial charge is 0.290 e. The molecule has 1 atom stereocenters. The molecule has 174 valence electrons. The fourth-order valence-corrected chi connectivity index (χ4v) is 4.16. The number of aliphatic imine (C=N–C) groups is 1. The first kappa shape index (κ1) is 24.9. The van der Waals surface area contributed by atoms with Crippen molar-refractivity contribution in [3.05, 3.63) is 75.2 Å². The molecule has 0 amide bonds. The molecule has 0 saturated carbocycles. The second-order valence-electron chi connectivity index (χ2n) is 8.88. The van der Waals surface area contributed by atoms with Crippen LogP contribution in [0.1, 0.15) is 37.5 Å². The fraction of sp³-hybridized carbons (Fsp3) is 0.357. The Morgan fingerprint density at radius 2 is 1.88 bits per heavy atom. The van der Waals surface area contributed by atoms with E-state index in [1.54, 1.807) is 0 Å². The number of hydrogen-bond donors (Lipinski definition) is 1. The van der Waals surface area contributed by atoms with Gasteiger partial charge in [0.1, 0.15) is 11.6 Å². The van der Waals surface area contributed by atoms with Crippen molar-refractivity contribution < 1.29 is 4.74 Å². The van der Waals surface area contributed by atoms with Crippen molar-refractivity contribution in [2.75, 3.05) is 20.1 Å². The van der Waals surface area contributed by atoms with Gasteiger partial charge in [-0.05, 0) is 98.2 Å². The highest BCUT2D eigenvalue weighted by Crippen LogP contribution is 2.24. The van der Waals surface area contributed by atoms with E-state index >= 15 is 0 Å². The highest BCUT2D eigenvalue weighted by Gasteiger charge is 2.13. The number of thiocarbonyl (C=S) groups is 1. The minimum atomic E-state index is 0.119. The Balaban J connectivity index is 1.80. The summed E-state index contributed by atoms with van der Waals surface area (Å²) >= 11 is 5.44. The summed E-state index contributed by atoms with van der Waals surface area (Å²) in [7, 11) is 2.14. The predicted octanol–water partition coefficient (Wildman–Crippen LogP) is 4.05. The Hall–Kier alpha value is -2.76. The summed E-state index contributed by atoms with van der Waals surface area (Å²) in [6.45, 7) is 12.7. The van der Waals surface area contributed by atoms with Crippen LogP contribution < -0.4 is 20.9 Å². The minimum absolute atomic E-state index is 0.119. The number of ether oxygens (including phenoxy) is 1. The van der Waals surface area contributed by atoms with Crippen LogP contribution in [0.3, 0.4) is 0 Å². The monoisotopic (exact) mass is 461 g/mol. The maximum atomic E-state index is 6.38. The van der Waals surface area contributed by atoms with Gasteiger partial charge in [0.05, 0.1) is 0 Å². The van der Waals surface area contributed by atoms with E-state index in [9.17, 15) is 0 Å². The number of nitrogens with two attached hydrogens (primary N) is 1. The third-order valence-electron chi connectivity index (χ3n) is 6.45. The van der Waals surface area contributed by atoms with E-state index in [0.717, 1.165) is 41.6 Å². The van der Waals surface area contributed by atoms with Gasteiger partial charge in [0.15, 0.2) is 0 Å². The fourth-order valence-electron chi connectivity index (χ4n) is 3.97. The Kier molecular flexibility index (Phi) is 8.22. The molecule has 3 rings (SSSR count). The molecule has 0 bridgehead atoms. The standard InChI is InChI=1S/C28H35N3OS/c1-7-31(6)13-12-22-15-20(4)26(16-19(22)3)32-28(33)30-27(29)24-14-18(2)21(5)25-11-9-8-10-23(25)17-24/h8-11,14-18H,7,12-13H2,1-6H3,(H2,29,30,33). The molecule has 0 aliphatic heterocycles. The average Bonchev–Trinajstić information content (AvgIpc) is 2.91. The molecule has 0 fully saturated rings. The van der Waals surface area contributed by atoms with Crippen molar-refractivity contribution in [3.63, 3.8) is 0 Å². The molecule has 0 radical (unpaired) electrons. The van der Waals surface area contributed by atoms with E-state index < -0.39 is 0 Å². The van der Waals surface area contributed by atoms with Gasteiger partial charge in [-0.3, -0.25) is 0 Å². The molecule has 1 aliphatic carbocycles. The number of benzene rings is 2. The second-order valence-corrected chi connectivity index (χ2v) is 9.23. The lowest BCUT2D eigenvalue weighted by Gasteiger charge is -2.16. The SMILES string of the molecule is CCN(C)CCc1cc(C)c(OC(=S)N=C(N)C2=CC(C)C(C)=c3ccccc3=C2)cc1C. The Labute approximate surface area is 203 Å². The molecule has 1 unspecified atom stereocenters. The first-order valence-corrected chi connectivity index (χ1v) is 11.9. The second kappa shape index (κ2) is 10.9. The number of allylic oxidation sites excluding steroid dienone is 1. The summed E-state index contributed by atoms with van der Waals surface area (Å²) < 4.78 is 5.95. The molecule has 0 saturated heterocycles. The topological polar surface area (TPSA) is 50.8 Å². The Bertz CT molecular complexity index is 1230. The van der Waals surface area contributed by atoms with Gasteiger partial charge in [-0.25, -0.2) is 0 Å². The van der Waals surface area contributed by atoms with Crippen LogP contribution in [-0.2, 0) is 6.42 Å². The van der Waals surface area contributed by atoms with Crippen LogP contribution in [0.5, 0.6) is 5.75 Å². The van der Waals surface area contributed by atoms with Crippen molar-refractivity contribution in [3.8, 4) is 5.75 Å². The van der Waals surface area contributed by atoms with E-state index in [4.69, 9.17) is 22.7 Å². The van der Waals surface area contributed by atoms with Gasteiger partial charge in [-0.2, -0.15) is 4.99 Å². The summed E-state index contributed by atoms with van der Waals surface area (Å²) in [5.41, 5.74) is 12.1. The van der Waals surface area contributed by atoms with Crippen LogP contribution in [0.25, 0.3) is 11.6 Å². The number of rotatable bonds is 6. The molecule has 0 heterocycles. The van der Waals surface area contributed by atoms with Gasteiger partial charge < -0.3 is 15.4 Å². The summed E-state index contributed by atoms with van der Waals surface area (Å²) in [5, 5.41) is 2.49. The molecule has 2 N–H and O–H groups in total. The number of aryl methyl sites for hydroxylation is 2. The van der Waals surface area contributed by atoms with Gasteiger partial charge in [0, 0.05) is 12.1 Å². The number of amidine groups is 1. The van der Waals surface area contributed by atoms with Crippen molar-refractivity contribution in [2.24, 2.45) is 16.6 Å². The van der Waals surface area contributed by atoms with Crippen molar-refractivity contribution in [2.45, 2.75) is 41.0 Å². The predicted molar refractivity (Wildman–Crippen MR) is 144 cm³/mol. The van der Waals surface area contributed by atoms with E-state index in [0.29, 0.717) is 5.84 Å². The van der Waals surface area contributed by atoms with E-state index in [1.807, 2.05) is 19.1 Å². The zero-order valence-electron chi connectivity index (χ0n) is 20.6. The lowest BCUT2D eigenvalue weighted by Crippen LogP contribution is -2.27. The molecule has 1 aliphatic rings. The van der Waals surface area contributed by atoms with Crippen LogP contribution in [0.4, 0.5) is 0 Å². The highest BCUT2D eigenvalue weighted by atomic mass is 32.1.